The summed E-state index contributed by atoms with van der Waals surface area (Å²) in [6.45, 7) is 0. The Morgan fingerprint density at radius 3 is 3.00 bits per heavy atom. The largest absolute Gasteiger partial charge is 0.462 e. The van der Waals surface area contributed by atoms with Crippen LogP contribution in [0, 0.1) is 0 Å². The van der Waals surface area contributed by atoms with E-state index in [-0.39, 0.29) is 0 Å². The molecule has 0 radical (unpaired) electrons. The van der Waals surface area contributed by atoms with Crippen LogP contribution in [-0.4, -0.2) is 9.36 Å². The van der Waals surface area contributed by atoms with Crippen LogP contribution in [0.25, 0.3) is 10.8 Å². The van der Waals surface area contributed by atoms with Crippen molar-refractivity contribution in [1.82, 2.24) is 9.36 Å². The summed E-state index contributed by atoms with van der Waals surface area (Å²) in [5.74, 6) is 1.00. The van der Waals surface area contributed by atoms with E-state index in [1.807, 2.05) is 6.07 Å². The molecule has 0 saturated heterocycles. The van der Waals surface area contributed by atoms with Gasteiger partial charge in [0.05, 0.1) is 6.26 Å². The Morgan fingerprint density at radius 1 is 1.55 bits per heavy atom. The standard InChI is InChI=1S/C6H5N3OS/c7-6-8-5(11-9-6)4-2-1-3-10-4/h1-3H,(H2,7,9). The zero-order chi connectivity index (χ0) is 7.68. The molecule has 2 aromatic rings. The highest BCUT2D eigenvalue weighted by atomic mass is 32.1. The predicted octanol–water partition coefficient (Wildman–Crippen LogP) is 1.38. The first-order chi connectivity index (χ1) is 5.36. The Hall–Kier alpha value is -1.36. The van der Waals surface area contributed by atoms with Crippen LogP contribution >= 0.6 is 11.5 Å². The van der Waals surface area contributed by atoms with E-state index in [2.05, 4.69) is 9.36 Å². The SMILES string of the molecule is Nc1nsc(-c2ccco2)n1. The maximum absolute atomic E-state index is 5.33. The van der Waals surface area contributed by atoms with Gasteiger partial charge in [-0.2, -0.15) is 9.36 Å². The predicted molar refractivity (Wildman–Crippen MR) is 42.0 cm³/mol. The summed E-state index contributed by atoms with van der Waals surface area (Å²) in [4.78, 5) is 3.94. The van der Waals surface area contributed by atoms with Crippen molar-refractivity contribution in [3.63, 3.8) is 0 Å². The van der Waals surface area contributed by atoms with Crippen LogP contribution in [-0.2, 0) is 0 Å². The molecule has 0 atom stereocenters. The van der Waals surface area contributed by atoms with E-state index in [4.69, 9.17) is 10.2 Å². The minimum absolute atomic E-state index is 0.293. The van der Waals surface area contributed by atoms with E-state index in [0.717, 1.165) is 0 Å². The highest BCUT2D eigenvalue weighted by Crippen LogP contribution is 2.21. The Morgan fingerprint density at radius 2 is 2.45 bits per heavy atom. The summed E-state index contributed by atoms with van der Waals surface area (Å²) >= 11 is 1.23. The second kappa shape index (κ2) is 2.35. The molecule has 0 unspecified atom stereocenters. The Balaban J connectivity index is 2.45. The van der Waals surface area contributed by atoms with Crippen LogP contribution in [0.4, 0.5) is 5.95 Å². The molecule has 0 bridgehead atoms. The van der Waals surface area contributed by atoms with Gasteiger partial charge in [0.1, 0.15) is 0 Å². The van der Waals surface area contributed by atoms with Gasteiger partial charge >= 0.3 is 0 Å². The molecule has 0 saturated carbocycles. The van der Waals surface area contributed by atoms with E-state index in [1.54, 1.807) is 12.3 Å². The molecule has 4 nitrogen and oxygen atoms in total. The molecule has 2 rings (SSSR count). The summed E-state index contributed by atoms with van der Waals surface area (Å²) < 4.78 is 8.91. The zero-order valence-corrected chi connectivity index (χ0v) is 6.34. The highest BCUT2D eigenvalue weighted by molar-refractivity contribution is 7.09. The average Bonchev–Trinajstić information content (AvgIpc) is 2.55. The van der Waals surface area contributed by atoms with Crippen LogP contribution in [0.5, 0.6) is 0 Å². The second-order valence-corrected chi connectivity index (χ2v) is 2.69. The monoisotopic (exact) mass is 167 g/mol. The van der Waals surface area contributed by atoms with Crippen LogP contribution < -0.4 is 5.73 Å². The van der Waals surface area contributed by atoms with Crippen molar-refractivity contribution in [1.29, 1.82) is 0 Å². The van der Waals surface area contributed by atoms with Gasteiger partial charge in [0, 0.05) is 0 Å². The molecule has 0 aromatic carbocycles. The van der Waals surface area contributed by atoms with E-state index in [1.165, 1.54) is 11.5 Å². The van der Waals surface area contributed by atoms with Gasteiger partial charge in [-0.1, -0.05) is 0 Å². The Bertz CT molecular complexity index is 340. The number of furan rings is 1. The number of rotatable bonds is 1. The van der Waals surface area contributed by atoms with Crippen molar-refractivity contribution < 1.29 is 4.42 Å². The van der Waals surface area contributed by atoms with Crippen molar-refractivity contribution >= 4 is 17.5 Å². The molecule has 0 spiro atoms. The van der Waals surface area contributed by atoms with Crippen molar-refractivity contribution in [2.45, 2.75) is 0 Å². The minimum Gasteiger partial charge on any atom is -0.462 e. The van der Waals surface area contributed by atoms with Gasteiger partial charge in [-0.05, 0) is 23.7 Å². The van der Waals surface area contributed by atoms with Gasteiger partial charge < -0.3 is 10.2 Å². The molecule has 0 aliphatic rings. The highest BCUT2D eigenvalue weighted by Gasteiger charge is 2.05. The van der Waals surface area contributed by atoms with Gasteiger partial charge in [0.15, 0.2) is 10.8 Å². The van der Waals surface area contributed by atoms with Crippen molar-refractivity contribution in [3.05, 3.63) is 18.4 Å². The first-order valence-electron chi connectivity index (χ1n) is 2.99. The van der Waals surface area contributed by atoms with Crippen LogP contribution in [0.2, 0.25) is 0 Å². The number of nitrogens with zero attached hydrogens (tertiary/aromatic N) is 2. The molecule has 11 heavy (non-hydrogen) atoms. The molecular weight excluding hydrogens is 162 g/mol. The van der Waals surface area contributed by atoms with E-state index in [9.17, 15) is 0 Å². The molecule has 0 fully saturated rings. The summed E-state index contributed by atoms with van der Waals surface area (Å²) in [6.07, 6.45) is 1.59. The summed E-state index contributed by atoms with van der Waals surface area (Å²) in [6, 6.07) is 3.62. The molecule has 0 aliphatic carbocycles. The van der Waals surface area contributed by atoms with Gasteiger partial charge in [-0.3, -0.25) is 0 Å². The van der Waals surface area contributed by atoms with E-state index < -0.39 is 0 Å². The number of anilines is 1. The molecular formula is C6H5N3OS. The summed E-state index contributed by atoms with van der Waals surface area (Å²) in [5.41, 5.74) is 5.33. The zero-order valence-electron chi connectivity index (χ0n) is 5.52. The third-order valence-electron chi connectivity index (χ3n) is 1.17. The third-order valence-corrected chi connectivity index (χ3v) is 1.92. The maximum Gasteiger partial charge on any atom is 0.232 e. The van der Waals surface area contributed by atoms with E-state index >= 15 is 0 Å². The fraction of sp³-hybridized carbons (Fsp3) is 0. The Labute approximate surface area is 66.8 Å². The lowest BCUT2D eigenvalue weighted by Gasteiger charge is -1.82. The minimum atomic E-state index is 0.293. The van der Waals surface area contributed by atoms with Crippen molar-refractivity contribution in [3.8, 4) is 10.8 Å². The maximum atomic E-state index is 5.33. The molecule has 2 aromatic heterocycles. The lowest BCUT2D eigenvalue weighted by Crippen LogP contribution is -1.84. The molecule has 2 N–H and O–H groups in total. The molecule has 0 amide bonds. The first kappa shape index (κ1) is 6.36. The Kier molecular flexibility index (Phi) is 1.36. The lowest BCUT2D eigenvalue weighted by molar-refractivity contribution is 0.582. The van der Waals surface area contributed by atoms with Crippen molar-refractivity contribution in [2.24, 2.45) is 0 Å². The number of hydrogen-bond donors (Lipinski definition) is 1. The normalized spacial score (nSPS) is 10.2. The smallest absolute Gasteiger partial charge is 0.232 e. The van der Waals surface area contributed by atoms with Crippen LogP contribution in [0.3, 0.4) is 0 Å². The fourth-order valence-electron chi connectivity index (χ4n) is 0.735. The topological polar surface area (TPSA) is 64.9 Å². The molecule has 2 heterocycles. The number of hydrogen-bond acceptors (Lipinski definition) is 5. The average molecular weight is 167 g/mol. The molecule has 0 aliphatic heterocycles. The lowest BCUT2D eigenvalue weighted by atomic mass is 10.5. The molecule has 5 heteroatoms. The number of aromatic nitrogens is 2. The summed E-state index contributed by atoms with van der Waals surface area (Å²) in [5, 5.41) is 0.715. The van der Waals surface area contributed by atoms with Crippen LogP contribution in [0.1, 0.15) is 0 Å². The number of nitrogens with two attached hydrogens (primary N) is 1. The second-order valence-electron chi connectivity index (χ2n) is 1.94. The molecule has 56 valence electrons. The van der Waals surface area contributed by atoms with Gasteiger partial charge in [-0.15, -0.1) is 0 Å². The number of nitrogen functional groups attached to an aromatic ring is 1. The van der Waals surface area contributed by atoms with Crippen molar-refractivity contribution in [2.75, 3.05) is 5.73 Å². The quantitative estimate of drug-likeness (QED) is 0.696. The first-order valence-corrected chi connectivity index (χ1v) is 3.76. The fourth-order valence-corrected chi connectivity index (χ4v) is 1.30. The van der Waals surface area contributed by atoms with Gasteiger partial charge in [0.25, 0.3) is 0 Å². The van der Waals surface area contributed by atoms with Gasteiger partial charge in [0.2, 0.25) is 5.95 Å². The summed E-state index contributed by atoms with van der Waals surface area (Å²) in [7, 11) is 0. The van der Waals surface area contributed by atoms with Crippen LogP contribution in [0.15, 0.2) is 22.8 Å². The third kappa shape index (κ3) is 1.10. The van der Waals surface area contributed by atoms with Gasteiger partial charge in [-0.25, -0.2) is 0 Å². The van der Waals surface area contributed by atoms with E-state index in [0.29, 0.717) is 16.7 Å².